The van der Waals surface area contributed by atoms with Crippen molar-refractivity contribution in [3.63, 3.8) is 0 Å². The van der Waals surface area contributed by atoms with E-state index in [9.17, 15) is 4.79 Å². The first kappa shape index (κ1) is 14.2. The summed E-state index contributed by atoms with van der Waals surface area (Å²) in [5, 5.41) is 3.90. The largest absolute Gasteiger partial charge is 0.496 e. The third-order valence-electron chi connectivity index (χ3n) is 3.42. The molecule has 2 rings (SSSR count). The van der Waals surface area contributed by atoms with E-state index in [0.29, 0.717) is 28.9 Å². The molecule has 0 spiro atoms. The molecule has 104 valence electrons. The highest BCUT2D eigenvalue weighted by molar-refractivity contribution is 6.31. The average Bonchev–Trinajstić information content (AvgIpc) is 2.40. The fourth-order valence-corrected chi connectivity index (χ4v) is 2.48. The summed E-state index contributed by atoms with van der Waals surface area (Å²) in [7, 11) is 1.56. The highest BCUT2D eigenvalue weighted by Crippen LogP contribution is 2.25. The van der Waals surface area contributed by atoms with Gasteiger partial charge in [-0.05, 0) is 32.0 Å². The second-order valence-corrected chi connectivity index (χ2v) is 5.40. The van der Waals surface area contributed by atoms with E-state index in [-0.39, 0.29) is 11.9 Å². The Morgan fingerprint density at radius 1 is 1.47 bits per heavy atom. The van der Waals surface area contributed by atoms with Crippen LogP contribution in [0.4, 0.5) is 0 Å². The first-order chi connectivity index (χ1) is 9.02. The van der Waals surface area contributed by atoms with Gasteiger partial charge in [0.15, 0.2) is 0 Å². The average molecular weight is 283 g/mol. The first-order valence-electron chi connectivity index (χ1n) is 6.40. The molecule has 1 aromatic rings. The second-order valence-electron chi connectivity index (χ2n) is 4.96. The molecule has 1 N–H and O–H groups in total. The van der Waals surface area contributed by atoms with Gasteiger partial charge in [0.05, 0.1) is 12.7 Å². The molecular formula is C14H19ClN2O2. The number of ether oxygens (including phenoxy) is 1. The number of amides is 1. The Balaban J connectivity index is 2.30. The quantitative estimate of drug-likeness (QED) is 0.904. The van der Waals surface area contributed by atoms with Gasteiger partial charge in [-0.15, -0.1) is 0 Å². The predicted molar refractivity (Wildman–Crippen MR) is 76.0 cm³/mol. The number of halogens is 1. The first-order valence-corrected chi connectivity index (χ1v) is 6.78. The molecule has 1 fully saturated rings. The van der Waals surface area contributed by atoms with Gasteiger partial charge in [0.1, 0.15) is 5.75 Å². The van der Waals surface area contributed by atoms with E-state index in [1.165, 1.54) is 0 Å². The zero-order valence-electron chi connectivity index (χ0n) is 11.4. The topological polar surface area (TPSA) is 41.6 Å². The Morgan fingerprint density at radius 2 is 2.21 bits per heavy atom. The molecule has 1 aliphatic heterocycles. The summed E-state index contributed by atoms with van der Waals surface area (Å²) in [6.45, 7) is 5.60. The molecule has 2 unspecified atom stereocenters. The molecule has 0 saturated carbocycles. The molecule has 1 aliphatic rings. The Morgan fingerprint density at radius 3 is 2.89 bits per heavy atom. The number of nitrogens with one attached hydrogen (secondary N) is 1. The van der Waals surface area contributed by atoms with Crippen LogP contribution in [0.3, 0.4) is 0 Å². The van der Waals surface area contributed by atoms with Crippen molar-refractivity contribution in [3.8, 4) is 5.75 Å². The van der Waals surface area contributed by atoms with E-state index in [0.717, 1.165) is 6.54 Å². The Labute approximate surface area is 118 Å². The maximum Gasteiger partial charge on any atom is 0.258 e. The van der Waals surface area contributed by atoms with Crippen LogP contribution in [-0.2, 0) is 0 Å². The van der Waals surface area contributed by atoms with Crippen LogP contribution >= 0.6 is 11.6 Å². The number of hydrogen-bond acceptors (Lipinski definition) is 3. The lowest BCUT2D eigenvalue weighted by atomic mass is 10.1. The minimum absolute atomic E-state index is 0.0276. The highest BCUT2D eigenvalue weighted by atomic mass is 35.5. The minimum Gasteiger partial charge on any atom is -0.496 e. The van der Waals surface area contributed by atoms with Gasteiger partial charge >= 0.3 is 0 Å². The molecule has 0 aromatic heterocycles. The maximum absolute atomic E-state index is 12.6. The molecule has 2 atom stereocenters. The molecule has 1 heterocycles. The highest BCUT2D eigenvalue weighted by Gasteiger charge is 2.28. The Bertz CT molecular complexity index is 479. The molecule has 4 nitrogen and oxygen atoms in total. The molecule has 1 aromatic carbocycles. The van der Waals surface area contributed by atoms with Crippen molar-refractivity contribution in [2.75, 3.05) is 20.2 Å². The van der Waals surface area contributed by atoms with Crippen LogP contribution in [-0.4, -0.2) is 43.1 Å². The van der Waals surface area contributed by atoms with Crippen molar-refractivity contribution in [2.45, 2.75) is 25.9 Å². The van der Waals surface area contributed by atoms with Gasteiger partial charge in [0.2, 0.25) is 0 Å². The van der Waals surface area contributed by atoms with Crippen LogP contribution in [0, 0.1) is 0 Å². The van der Waals surface area contributed by atoms with Gasteiger partial charge in [-0.1, -0.05) is 11.6 Å². The summed E-state index contributed by atoms with van der Waals surface area (Å²) in [5.74, 6) is 0.535. The third kappa shape index (κ3) is 3.01. The van der Waals surface area contributed by atoms with Crippen molar-refractivity contribution in [1.29, 1.82) is 0 Å². The van der Waals surface area contributed by atoms with Crippen LogP contribution in [0.2, 0.25) is 5.02 Å². The van der Waals surface area contributed by atoms with E-state index < -0.39 is 0 Å². The second kappa shape index (κ2) is 5.80. The van der Waals surface area contributed by atoms with Crippen molar-refractivity contribution < 1.29 is 9.53 Å². The fourth-order valence-electron chi connectivity index (χ4n) is 2.31. The van der Waals surface area contributed by atoms with Gasteiger partial charge < -0.3 is 15.0 Å². The van der Waals surface area contributed by atoms with Crippen molar-refractivity contribution >= 4 is 17.5 Å². The van der Waals surface area contributed by atoms with Crippen molar-refractivity contribution in [2.24, 2.45) is 0 Å². The normalized spacial score (nSPS) is 23.3. The van der Waals surface area contributed by atoms with E-state index in [4.69, 9.17) is 16.3 Å². The fraction of sp³-hybridized carbons (Fsp3) is 0.500. The maximum atomic E-state index is 12.6. The minimum atomic E-state index is -0.0276. The van der Waals surface area contributed by atoms with E-state index in [2.05, 4.69) is 12.2 Å². The molecule has 19 heavy (non-hydrogen) atoms. The lowest BCUT2D eigenvalue weighted by molar-refractivity contribution is 0.0613. The number of benzene rings is 1. The molecule has 0 radical (unpaired) electrons. The van der Waals surface area contributed by atoms with Crippen LogP contribution in [0.15, 0.2) is 18.2 Å². The molecule has 0 bridgehead atoms. The Kier molecular flexibility index (Phi) is 4.32. The molecular weight excluding hydrogens is 264 g/mol. The van der Waals surface area contributed by atoms with Gasteiger partial charge in [-0.2, -0.15) is 0 Å². The predicted octanol–water partition coefficient (Wildman–Crippen LogP) is 2.17. The summed E-state index contributed by atoms with van der Waals surface area (Å²) in [6, 6.07) is 5.58. The van der Waals surface area contributed by atoms with Crippen LogP contribution in [0.5, 0.6) is 5.75 Å². The third-order valence-corrected chi connectivity index (χ3v) is 3.65. The van der Waals surface area contributed by atoms with Gasteiger partial charge in [-0.25, -0.2) is 0 Å². The van der Waals surface area contributed by atoms with Crippen LogP contribution < -0.4 is 10.1 Å². The SMILES string of the molecule is COc1ccc(Cl)cc1C(=O)N1CC(C)NCC1C. The number of piperazine rings is 1. The lowest BCUT2D eigenvalue weighted by Gasteiger charge is -2.37. The lowest BCUT2D eigenvalue weighted by Crippen LogP contribution is -2.56. The van der Waals surface area contributed by atoms with Gasteiger partial charge in [0.25, 0.3) is 5.91 Å². The van der Waals surface area contributed by atoms with Gasteiger partial charge in [0, 0.05) is 30.2 Å². The zero-order valence-corrected chi connectivity index (χ0v) is 12.2. The number of carbonyl (C=O) groups excluding carboxylic acids is 1. The number of nitrogens with zero attached hydrogens (tertiary/aromatic N) is 1. The summed E-state index contributed by atoms with van der Waals surface area (Å²) in [5.41, 5.74) is 0.524. The zero-order chi connectivity index (χ0) is 14.0. The standard InChI is InChI=1S/C14H19ClN2O2/c1-9-8-17(10(2)7-16-9)14(18)12-6-11(15)4-5-13(12)19-3/h4-6,9-10,16H,7-8H2,1-3H3. The molecule has 5 heteroatoms. The summed E-state index contributed by atoms with van der Waals surface area (Å²) < 4.78 is 5.25. The number of hydrogen-bond donors (Lipinski definition) is 1. The van der Waals surface area contributed by atoms with Crippen LogP contribution in [0.1, 0.15) is 24.2 Å². The van der Waals surface area contributed by atoms with Crippen LogP contribution in [0.25, 0.3) is 0 Å². The smallest absolute Gasteiger partial charge is 0.258 e. The molecule has 0 aliphatic carbocycles. The van der Waals surface area contributed by atoms with Crippen molar-refractivity contribution in [1.82, 2.24) is 10.2 Å². The number of carbonyl (C=O) groups is 1. The van der Waals surface area contributed by atoms with Gasteiger partial charge in [-0.3, -0.25) is 4.79 Å². The molecule has 1 saturated heterocycles. The Hall–Kier alpha value is -1.26. The molecule has 1 amide bonds. The summed E-state index contributed by atoms with van der Waals surface area (Å²) >= 11 is 5.98. The van der Waals surface area contributed by atoms with E-state index in [1.54, 1.807) is 25.3 Å². The van der Waals surface area contributed by atoms with Crippen molar-refractivity contribution in [3.05, 3.63) is 28.8 Å². The summed E-state index contributed by atoms with van der Waals surface area (Å²) in [4.78, 5) is 14.5. The number of rotatable bonds is 2. The number of methoxy groups -OCH3 is 1. The summed E-state index contributed by atoms with van der Waals surface area (Å²) in [6.07, 6.45) is 0. The van der Waals surface area contributed by atoms with E-state index >= 15 is 0 Å². The van der Waals surface area contributed by atoms with E-state index in [1.807, 2.05) is 11.8 Å². The monoisotopic (exact) mass is 282 g/mol.